The van der Waals surface area contributed by atoms with Crippen LogP contribution < -0.4 is 10.4 Å². The molecule has 1 N–H and O–H groups in total. The Kier molecular flexibility index (Phi) is 9.18. The molecule has 37 heavy (non-hydrogen) atoms. The minimum Gasteiger partial charge on any atom is -0.460 e. The number of rotatable bonds is 11. The first-order chi connectivity index (χ1) is 17.4. The number of hydroxylamine groups is 1. The molecule has 0 spiro atoms. The van der Waals surface area contributed by atoms with Crippen LogP contribution in [-0.2, 0) is 24.0 Å². The van der Waals surface area contributed by atoms with Gasteiger partial charge in [-0.1, -0.05) is 68.9 Å². The molecule has 1 aliphatic carbocycles. The number of benzene rings is 1. The lowest BCUT2D eigenvalue weighted by molar-refractivity contribution is -0.164. The second-order valence-corrected chi connectivity index (χ2v) is 14.7. The van der Waals surface area contributed by atoms with Gasteiger partial charge in [-0.05, 0) is 51.2 Å². The largest absolute Gasteiger partial charge is 0.460 e. The second kappa shape index (κ2) is 11.7. The van der Waals surface area contributed by atoms with Crippen molar-refractivity contribution in [1.29, 1.82) is 0 Å². The van der Waals surface area contributed by atoms with Gasteiger partial charge in [0.1, 0.15) is 30.6 Å². The van der Waals surface area contributed by atoms with E-state index in [1.54, 1.807) is 5.06 Å². The Hall–Kier alpha value is -0.910. The van der Waals surface area contributed by atoms with E-state index < -0.39 is 38.6 Å². The number of carbonyl (C=O) groups is 3. The summed E-state index contributed by atoms with van der Waals surface area (Å²) in [6.07, 6.45) is 2.78. The molecule has 0 aromatic heterocycles. The lowest BCUT2D eigenvalue weighted by Gasteiger charge is -2.44. The Labute approximate surface area is 244 Å². The number of esters is 1. The maximum atomic E-state index is 13.2. The van der Waals surface area contributed by atoms with Gasteiger partial charge in [-0.15, -0.1) is 11.8 Å². The minimum atomic E-state index is -1.76. The Balaban J connectivity index is 1.43. The van der Waals surface area contributed by atoms with Crippen molar-refractivity contribution in [2.24, 2.45) is 5.92 Å². The maximum absolute atomic E-state index is 13.2. The molecule has 2 heterocycles. The first-order valence-electron chi connectivity index (χ1n) is 12.0. The highest BCUT2D eigenvalue weighted by molar-refractivity contribution is 9.09. The lowest BCUT2D eigenvalue weighted by atomic mass is 9.92. The van der Waals surface area contributed by atoms with Gasteiger partial charge in [0.15, 0.2) is 0 Å². The molecule has 4 rings (SSSR count). The zero-order valence-corrected chi connectivity index (χ0v) is 25.0. The number of carbonyl (C=O) groups excluding carboxylic acids is 3. The van der Waals surface area contributed by atoms with Gasteiger partial charge >= 0.3 is 5.97 Å². The number of hydrogen-bond donors (Lipinski definition) is 1. The number of amides is 2. The van der Waals surface area contributed by atoms with Gasteiger partial charge in [0.05, 0.1) is 11.8 Å². The summed E-state index contributed by atoms with van der Waals surface area (Å²) >= 11 is 22.1. The summed E-state index contributed by atoms with van der Waals surface area (Å²) < 4.78 is 2.84. The van der Waals surface area contributed by atoms with Crippen LogP contribution in [0.15, 0.2) is 30.3 Å². The first-order valence-corrected chi connectivity index (χ1v) is 15.1. The van der Waals surface area contributed by atoms with Crippen LogP contribution in [0.4, 0.5) is 5.69 Å². The van der Waals surface area contributed by atoms with E-state index in [0.29, 0.717) is 17.7 Å². The van der Waals surface area contributed by atoms with Crippen LogP contribution in [-0.4, -0.2) is 73.3 Å². The third kappa shape index (κ3) is 6.81. The molecule has 2 aliphatic heterocycles. The summed E-state index contributed by atoms with van der Waals surface area (Å²) in [5.74, 6) is -0.856. The van der Waals surface area contributed by atoms with Gasteiger partial charge in [-0.2, -0.15) is 0 Å². The van der Waals surface area contributed by atoms with Gasteiger partial charge in [-0.3, -0.25) is 14.4 Å². The molecule has 13 heteroatoms. The summed E-state index contributed by atoms with van der Waals surface area (Å²) in [4.78, 5) is 46.8. The number of nitrogens with one attached hydrogen (secondary N) is 1. The van der Waals surface area contributed by atoms with Crippen molar-refractivity contribution in [2.45, 2.75) is 65.2 Å². The van der Waals surface area contributed by atoms with Crippen LogP contribution in [0.3, 0.4) is 0 Å². The summed E-state index contributed by atoms with van der Waals surface area (Å²) in [5, 5.41) is 4.62. The third-order valence-corrected chi connectivity index (χ3v) is 9.18. The van der Waals surface area contributed by atoms with E-state index in [0.717, 1.165) is 18.5 Å². The molecule has 1 aromatic rings. The number of anilines is 1. The fraction of sp³-hybridized carbons (Fsp3) is 0.625. The van der Waals surface area contributed by atoms with Gasteiger partial charge in [0, 0.05) is 10.1 Å². The lowest BCUT2D eigenvalue weighted by Crippen LogP contribution is -2.71. The van der Waals surface area contributed by atoms with E-state index in [9.17, 15) is 14.4 Å². The highest BCUT2D eigenvalue weighted by atomic mass is 79.9. The molecule has 2 saturated heterocycles. The number of hydrogen-bond acceptors (Lipinski definition) is 7. The van der Waals surface area contributed by atoms with Crippen LogP contribution >= 0.6 is 62.5 Å². The summed E-state index contributed by atoms with van der Waals surface area (Å²) in [6, 6.07) is 7.75. The van der Waals surface area contributed by atoms with Crippen molar-refractivity contribution in [3.63, 3.8) is 0 Å². The predicted molar refractivity (Wildman–Crippen MR) is 149 cm³/mol. The minimum absolute atomic E-state index is 0.0244. The molecule has 0 bridgehead atoms. The average molecular weight is 658 g/mol. The molecule has 3 aliphatic rings. The topological polar surface area (TPSA) is 88.2 Å². The first kappa shape index (κ1) is 29.1. The third-order valence-electron chi connectivity index (χ3n) is 6.75. The molecule has 1 saturated carbocycles. The number of nitrogens with zero attached hydrogens (tertiary/aromatic N) is 2. The Morgan fingerprint density at radius 3 is 2.57 bits per heavy atom. The van der Waals surface area contributed by atoms with Gasteiger partial charge < -0.3 is 15.0 Å². The molecular weight excluding hydrogens is 629 g/mol. The molecule has 4 unspecified atom stereocenters. The predicted octanol–water partition coefficient (Wildman–Crippen LogP) is 4.45. The van der Waals surface area contributed by atoms with Crippen LogP contribution in [0.5, 0.6) is 0 Å². The Bertz CT molecular complexity index is 1020. The quantitative estimate of drug-likeness (QED) is 0.163. The molecule has 3 fully saturated rings. The van der Waals surface area contributed by atoms with E-state index in [-0.39, 0.29) is 24.5 Å². The van der Waals surface area contributed by atoms with E-state index >= 15 is 0 Å². The molecule has 0 radical (unpaired) electrons. The number of fused-ring (bicyclic) bond motifs is 1. The number of para-hydroxylation sites is 1. The van der Waals surface area contributed by atoms with Crippen molar-refractivity contribution >= 4 is 86.0 Å². The SMILES string of the molecule is CC(ON(CC(=O)NC1C(=O)N2C(C(=O)OCC(Cl)(Cl)Cl)C(C)(CCBr)S[C@H]12)c1ccccc1)C1CC1. The van der Waals surface area contributed by atoms with E-state index in [2.05, 4.69) is 21.2 Å². The number of halogens is 4. The van der Waals surface area contributed by atoms with E-state index in [1.165, 1.54) is 16.7 Å². The Morgan fingerprint density at radius 1 is 1.30 bits per heavy atom. The van der Waals surface area contributed by atoms with E-state index in [4.69, 9.17) is 44.4 Å². The van der Waals surface area contributed by atoms with Gasteiger partial charge in [0.25, 0.3) is 0 Å². The zero-order chi connectivity index (χ0) is 27.0. The van der Waals surface area contributed by atoms with Crippen molar-refractivity contribution < 1.29 is 24.0 Å². The zero-order valence-electron chi connectivity index (χ0n) is 20.4. The number of alkyl halides is 4. The fourth-order valence-corrected chi connectivity index (χ4v) is 7.64. The molecule has 8 nitrogen and oxygen atoms in total. The fourth-order valence-electron chi connectivity index (χ4n) is 4.62. The maximum Gasteiger partial charge on any atom is 0.330 e. The molecule has 5 atom stereocenters. The smallest absolute Gasteiger partial charge is 0.330 e. The summed E-state index contributed by atoms with van der Waals surface area (Å²) in [5.41, 5.74) is 0.753. The van der Waals surface area contributed by atoms with Crippen LogP contribution in [0.1, 0.15) is 33.1 Å². The van der Waals surface area contributed by atoms with Gasteiger partial charge in [0.2, 0.25) is 15.6 Å². The summed E-state index contributed by atoms with van der Waals surface area (Å²) in [6.45, 7) is 3.40. The Morgan fingerprint density at radius 2 is 1.97 bits per heavy atom. The van der Waals surface area contributed by atoms with Crippen LogP contribution in [0.25, 0.3) is 0 Å². The highest BCUT2D eigenvalue weighted by Gasteiger charge is 2.65. The number of β-lactam (4-membered cyclic amide) rings is 1. The van der Waals surface area contributed by atoms with Crippen molar-refractivity contribution in [1.82, 2.24) is 10.2 Å². The average Bonchev–Trinajstić information content (AvgIpc) is 3.65. The standard InChI is InChI=1S/C24H29BrCl3N3O5S/c1-14(15-8-9-15)36-30(16-6-4-3-5-7-16)12-17(32)29-18-20(33)31-19(22(34)35-13-24(26,27)28)23(2,10-11-25)37-21(18)31/h3-7,14-15,18-19,21H,8-13H2,1-2H3,(H,29,32)/t14?,18?,19?,21-,23?/m1/s1. The summed E-state index contributed by atoms with van der Waals surface area (Å²) in [7, 11) is 0. The molecule has 204 valence electrons. The number of ether oxygens (including phenoxy) is 1. The van der Waals surface area contributed by atoms with Crippen LogP contribution in [0, 0.1) is 5.92 Å². The molecule has 1 aromatic carbocycles. The molecule has 2 amide bonds. The monoisotopic (exact) mass is 655 g/mol. The van der Waals surface area contributed by atoms with E-state index in [1.807, 2.05) is 44.2 Å². The van der Waals surface area contributed by atoms with Crippen molar-refractivity contribution in [3.05, 3.63) is 30.3 Å². The van der Waals surface area contributed by atoms with Crippen molar-refractivity contribution in [2.75, 3.05) is 23.5 Å². The normalized spacial score (nSPS) is 27.8. The van der Waals surface area contributed by atoms with Gasteiger partial charge in [-0.25, -0.2) is 9.86 Å². The van der Waals surface area contributed by atoms with Crippen LogP contribution in [0.2, 0.25) is 0 Å². The number of thioether (sulfide) groups is 1. The highest BCUT2D eigenvalue weighted by Crippen LogP contribution is 2.53. The van der Waals surface area contributed by atoms with Crippen molar-refractivity contribution in [3.8, 4) is 0 Å². The molecular formula is C24H29BrCl3N3O5S. The second-order valence-electron chi connectivity index (χ2n) is 9.70.